The van der Waals surface area contributed by atoms with Gasteiger partial charge in [0.15, 0.2) is 11.5 Å². The number of carbonyl (C=O) groups excluding carboxylic acids is 2. The van der Waals surface area contributed by atoms with Gasteiger partial charge in [-0.05, 0) is 60.7 Å². The SMILES string of the molecule is C=CCOc1ccc(CN(CC2CCCO2)C(=O)/C=C/c2ccc(N3CCCC3=O)cc2)cc1OC. The van der Waals surface area contributed by atoms with Gasteiger partial charge in [0.05, 0.1) is 13.2 Å². The zero-order chi connectivity index (χ0) is 25.3. The standard InChI is InChI=1S/C29H34N2O5/c1-3-17-36-26-14-10-23(19-27(26)34-2)20-30(21-25-6-5-18-35-25)28(32)15-11-22-8-12-24(13-9-22)31-16-4-7-29(31)33/h3,8-15,19,25H,1,4-7,16-18,20-21H2,2H3/b15-11+. The molecule has 2 aliphatic rings. The summed E-state index contributed by atoms with van der Waals surface area (Å²) in [5, 5.41) is 0. The van der Waals surface area contributed by atoms with Crippen LogP contribution in [0.15, 0.2) is 61.2 Å². The molecule has 0 bridgehead atoms. The zero-order valence-corrected chi connectivity index (χ0v) is 20.9. The van der Waals surface area contributed by atoms with E-state index in [0.29, 0.717) is 37.6 Å². The number of nitrogens with zero attached hydrogens (tertiary/aromatic N) is 2. The smallest absolute Gasteiger partial charge is 0.246 e. The van der Waals surface area contributed by atoms with E-state index in [4.69, 9.17) is 14.2 Å². The van der Waals surface area contributed by atoms with Crippen molar-refractivity contribution in [2.24, 2.45) is 0 Å². The van der Waals surface area contributed by atoms with Crippen molar-refractivity contribution in [1.29, 1.82) is 0 Å². The number of hydrogen-bond acceptors (Lipinski definition) is 5. The normalized spacial score (nSPS) is 17.5. The molecule has 36 heavy (non-hydrogen) atoms. The van der Waals surface area contributed by atoms with Gasteiger partial charge in [-0.15, -0.1) is 0 Å². The number of rotatable bonds is 11. The van der Waals surface area contributed by atoms with Crippen LogP contribution in [0, 0.1) is 0 Å². The average molecular weight is 491 g/mol. The van der Waals surface area contributed by atoms with Crippen molar-refractivity contribution in [3.8, 4) is 11.5 Å². The van der Waals surface area contributed by atoms with Crippen LogP contribution in [0.4, 0.5) is 5.69 Å². The van der Waals surface area contributed by atoms with Crippen LogP contribution >= 0.6 is 0 Å². The minimum Gasteiger partial charge on any atom is -0.493 e. The quantitative estimate of drug-likeness (QED) is 0.340. The van der Waals surface area contributed by atoms with E-state index in [1.807, 2.05) is 58.3 Å². The second-order valence-electron chi connectivity index (χ2n) is 9.01. The third-order valence-corrected chi connectivity index (χ3v) is 6.41. The lowest BCUT2D eigenvalue weighted by Crippen LogP contribution is -2.35. The first-order valence-corrected chi connectivity index (χ1v) is 12.5. The molecule has 2 amide bonds. The lowest BCUT2D eigenvalue weighted by molar-refractivity contribution is -0.128. The van der Waals surface area contributed by atoms with Gasteiger partial charge in [0.2, 0.25) is 11.8 Å². The van der Waals surface area contributed by atoms with Crippen LogP contribution in [0.1, 0.15) is 36.8 Å². The second kappa shape index (κ2) is 12.4. The van der Waals surface area contributed by atoms with Crippen molar-refractivity contribution in [2.75, 3.05) is 38.3 Å². The summed E-state index contributed by atoms with van der Waals surface area (Å²) >= 11 is 0. The Hall–Kier alpha value is -3.58. The summed E-state index contributed by atoms with van der Waals surface area (Å²) in [5.41, 5.74) is 2.74. The maximum Gasteiger partial charge on any atom is 0.246 e. The molecule has 0 spiro atoms. The van der Waals surface area contributed by atoms with Crippen LogP contribution < -0.4 is 14.4 Å². The lowest BCUT2D eigenvalue weighted by Gasteiger charge is -2.25. The number of anilines is 1. The molecule has 7 nitrogen and oxygen atoms in total. The van der Waals surface area contributed by atoms with E-state index < -0.39 is 0 Å². The summed E-state index contributed by atoms with van der Waals surface area (Å²) in [6.07, 6.45) is 8.59. The van der Waals surface area contributed by atoms with Crippen LogP contribution in [0.2, 0.25) is 0 Å². The highest BCUT2D eigenvalue weighted by atomic mass is 16.5. The molecule has 2 fully saturated rings. The Morgan fingerprint density at radius 3 is 2.69 bits per heavy atom. The van der Waals surface area contributed by atoms with Crippen molar-refractivity contribution in [3.05, 3.63) is 72.3 Å². The Labute approximate surface area is 212 Å². The van der Waals surface area contributed by atoms with E-state index in [9.17, 15) is 9.59 Å². The molecule has 2 aliphatic heterocycles. The van der Waals surface area contributed by atoms with Crippen LogP contribution in [-0.4, -0.2) is 56.2 Å². The average Bonchev–Trinajstić information content (AvgIpc) is 3.58. The van der Waals surface area contributed by atoms with E-state index in [1.54, 1.807) is 19.3 Å². The number of ether oxygens (including phenoxy) is 3. The van der Waals surface area contributed by atoms with Gasteiger partial charge in [-0.1, -0.05) is 30.9 Å². The number of methoxy groups -OCH3 is 1. The van der Waals surface area contributed by atoms with Gasteiger partial charge in [0, 0.05) is 44.4 Å². The highest BCUT2D eigenvalue weighted by Crippen LogP contribution is 2.29. The number of amides is 2. The molecule has 2 saturated heterocycles. The Balaban J connectivity index is 1.46. The van der Waals surface area contributed by atoms with E-state index in [2.05, 4.69) is 6.58 Å². The summed E-state index contributed by atoms with van der Waals surface area (Å²) in [7, 11) is 1.60. The van der Waals surface area contributed by atoms with E-state index >= 15 is 0 Å². The third kappa shape index (κ3) is 6.55. The molecule has 0 radical (unpaired) electrons. The van der Waals surface area contributed by atoms with Gasteiger partial charge in [0.25, 0.3) is 0 Å². The topological polar surface area (TPSA) is 68.3 Å². The molecule has 0 aliphatic carbocycles. The number of benzene rings is 2. The number of hydrogen-bond donors (Lipinski definition) is 0. The van der Waals surface area contributed by atoms with Crippen molar-refractivity contribution >= 4 is 23.6 Å². The first kappa shape index (κ1) is 25.5. The molecule has 0 N–H and O–H groups in total. The fraction of sp³-hybridized carbons (Fsp3) is 0.379. The summed E-state index contributed by atoms with van der Waals surface area (Å²) in [4.78, 5) is 28.9. The molecule has 2 aromatic carbocycles. The highest BCUT2D eigenvalue weighted by Gasteiger charge is 2.23. The van der Waals surface area contributed by atoms with Crippen molar-refractivity contribution < 1.29 is 23.8 Å². The van der Waals surface area contributed by atoms with E-state index in [1.165, 1.54) is 0 Å². The molecule has 1 unspecified atom stereocenters. The van der Waals surface area contributed by atoms with Crippen LogP contribution in [0.25, 0.3) is 6.08 Å². The second-order valence-corrected chi connectivity index (χ2v) is 9.01. The van der Waals surface area contributed by atoms with Crippen molar-refractivity contribution in [1.82, 2.24) is 4.90 Å². The summed E-state index contributed by atoms with van der Waals surface area (Å²) in [6.45, 7) is 6.51. The third-order valence-electron chi connectivity index (χ3n) is 6.41. The van der Waals surface area contributed by atoms with Gasteiger partial charge < -0.3 is 24.0 Å². The zero-order valence-electron chi connectivity index (χ0n) is 20.9. The molecule has 1 atom stereocenters. The minimum absolute atomic E-state index is 0.0386. The first-order valence-electron chi connectivity index (χ1n) is 12.5. The van der Waals surface area contributed by atoms with Crippen LogP contribution in [-0.2, 0) is 20.9 Å². The van der Waals surface area contributed by atoms with Gasteiger partial charge in [-0.3, -0.25) is 9.59 Å². The molecule has 2 aromatic rings. The van der Waals surface area contributed by atoms with Gasteiger partial charge in [-0.2, -0.15) is 0 Å². The molecule has 0 saturated carbocycles. The molecule has 7 heteroatoms. The number of carbonyl (C=O) groups is 2. The van der Waals surface area contributed by atoms with Crippen molar-refractivity contribution in [2.45, 2.75) is 38.3 Å². The molecular formula is C29H34N2O5. The molecule has 190 valence electrons. The fourth-order valence-electron chi connectivity index (χ4n) is 4.52. The fourth-order valence-corrected chi connectivity index (χ4v) is 4.52. The Bertz CT molecular complexity index is 1090. The summed E-state index contributed by atoms with van der Waals surface area (Å²) in [5.74, 6) is 1.33. The van der Waals surface area contributed by atoms with E-state index in [0.717, 1.165) is 49.2 Å². The Morgan fingerprint density at radius 2 is 2.03 bits per heavy atom. The van der Waals surface area contributed by atoms with Crippen LogP contribution in [0.5, 0.6) is 11.5 Å². The first-order chi connectivity index (χ1) is 17.6. The van der Waals surface area contributed by atoms with Gasteiger partial charge >= 0.3 is 0 Å². The lowest BCUT2D eigenvalue weighted by atomic mass is 10.1. The molecular weight excluding hydrogens is 456 g/mol. The minimum atomic E-state index is -0.0877. The van der Waals surface area contributed by atoms with Crippen molar-refractivity contribution in [3.63, 3.8) is 0 Å². The highest BCUT2D eigenvalue weighted by molar-refractivity contribution is 5.95. The predicted octanol–water partition coefficient (Wildman–Crippen LogP) is 4.61. The maximum absolute atomic E-state index is 13.3. The summed E-state index contributed by atoms with van der Waals surface area (Å²) in [6, 6.07) is 13.4. The maximum atomic E-state index is 13.3. The molecule has 2 heterocycles. The van der Waals surface area contributed by atoms with E-state index in [-0.39, 0.29) is 17.9 Å². The predicted molar refractivity (Wildman–Crippen MR) is 140 cm³/mol. The Morgan fingerprint density at radius 1 is 1.19 bits per heavy atom. The van der Waals surface area contributed by atoms with Gasteiger partial charge in [-0.25, -0.2) is 0 Å². The van der Waals surface area contributed by atoms with Gasteiger partial charge in [0.1, 0.15) is 6.61 Å². The molecule has 4 rings (SSSR count). The largest absolute Gasteiger partial charge is 0.493 e. The summed E-state index contributed by atoms with van der Waals surface area (Å²) < 4.78 is 16.9. The Kier molecular flexibility index (Phi) is 8.79. The molecule has 0 aromatic heterocycles. The monoisotopic (exact) mass is 490 g/mol. The van der Waals surface area contributed by atoms with Crippen LogP contribution in [0.3, 0.4) is 0 Å².